The molecule has 4 aromatic rings. The molecule has 142 valence electrons. The van der Waals surface area contributed by atoms with E-state index in [2.05, 4.69) is 4.98 Å². The number of fused-ring (bicyclic) bond motifs is 1. The second-order valence-electron chi connectivity index (χ2n) is 7.18. The molecule has 0 aliphatic rings. The van der Waals surface area contributed by atoms with Gasteiger partial charge in [-0.25, -0.2) is 15.0 Å². The van der Waals surface area contributed by atoms with E-state index in [1.165, 1.54) is 0 Å². The Morgan fingerprint density at radius 3 is 2.43 bits per heavy atom. The van der Waals surface area contributed by atoms with Crippen LogP contribution in [0.15, 0.2) is 54.7 Å². The Morgan fingerprint density at radius 1 is 1.04 bits per heavy atom. The van der Waals surface area contributed by atoms with Crippen LogP contribution < -0.4 is 11.5 Å². The van der Waals surface area contributed by atoms with Gasteiger partial charge in [-0.2, -0.15) is 0 Å². The maximum absolute atomic E-state index is 10.4. The van der Waals surface area contributed by atoms with Crippen LogP contribution in [-0.4, -0.2) is 24.6 Å². The molecule has 0 aliphatic heterocycles. The van der Waals surface area contributed by atoms with Crippen molar-refractivity contribution in [2.45, 2.75) is 26.0 Å². The molecule has 0 saturated heterocycles. The van der Waals surface area contributed by atoms with Gasteiger partial charge < -0.3 is 16.6 Å². The quantitative estimate of drug-likeness (QED) is 0.506. The minimum Gasteiger partial charge on any atom is -0.384 e. The van der Waals surface area contributed by atoms with Crippen molar-refractivity contribution < 1.29 is 5.11 Å². The number of nitrogens with zero attached hydrogens (tertiary/aromatic N) is 4. The summed E-state index contributed by atoms with van der Waals surface area (Å²) in [6, 6.07) is 15.2. The standard InChI is InChI=1S/C21H22N6O/c1-21(2,28)17-10-9-16-20(26-17)27(14-7-5-13(12-22)6-8-14)19(25-16)15-4-3-11-24-18(15)23/h3-11,28H,12,22H2,1-2H3,(H2,23,24). The van der Waals surface area contributed by atoms with E-state index in [0.29, 0.717) is 40.6 Å². The largest absolute Gasteiger partial charge is 0.384 e. The normalized spacial score (nSPS) is 11.9. The SMILES string of the molecule is CC(C)(O)c1ccc2nc(-c3cccnc3N)n(-c3ccc(CN)cc3)c2n1. The van der Waals surface area contributed by atoms with E-state index in [0.717, 1.165) is 11.3 Å². The summed E-state index contributed by atoms with van der Waals surface area (Å²) in [5.41, 5.74) is 15.3. The molecule has 0 atom stereocenters. The van der Waals surface area contributed by atoms with Crippen LogP contribution in [0.1, 0.15) is 25.1 Å². The summed E-state index contributed by atoms with van der Waals surface area (Å²) < 4.78 is 1.93. The second-order valence-corrected chi connectivity index (χ2v) is 7.18. The minimum atomic E-state index is -1.07. The van der Waals surface area contributed by atoms with Crippen molar-refractivity contribution in [3.8, 4) is 17.1 Å². The average molecular weight is 374 g/mol. The molecule has 0 unspecified atom stereocenters. The predicted molar refractivity (Wildman–Crippen MR) is 110 cm³/mol. The van der Waals surface area contributed by atoms with Crippen molar-refractivity contribution in [2.24, 2.45) is 5.73 Å². The smallest absolute Gasteiger partial charge is 0.165 e. The molecule has 3 aromatic heterocycles. The summed E-state index contributed by atoms with van der Waals surface area (Å²) in [7, 11) is 0. The number of benzene rings is 1. The molecular weight excluding hydrogens is 352 g/mol. The molecule has 0 amide bonds. The van der Waals surface area contributed by atoms with Crippen LogP contribution in [0.5, 0.6) is 0 Å². The molecule has 5 N–H and O–H groups in total. The van der Waals surface area contributed by atoms with Gasteiger partial charge in [0, 0.05) is 18.4 Å². The van der Waals surface area contributed by atoms with E-state index in [-0.39, 0.29) is 0 Å². The Kier molecular flexibility index (Phi) is 4.33. The monoisotopic (exact) mass is 374 g/mol. The van der Waals surface area contributed by atoms with Gasteiger partial charge in [0.15, 0.2) is 11.5 Å². The van der Waals surface area contributed by atoms with Crippen LogP contribution in [-0.2, 0) is 12.1 Å². The zero-order chi connectivity index (χ0) is 19.9. The van der Waals surface area contributed by atoms with Gasteiger partial charge in [0.25, 0.3) is 0 Å². The number of aromatic nitrogens is 4. The third-order valence-corrected chi connectivity index (χ3v) is 4.64. The average Bonchev–Trinajstić information content (AvgIpc) is 3.06. The Morgan fingerprint density at radius 2 is 1.79 bits per heavy atom. The number of nitrogens with two attached hydrogens (primary N) is 2. The summed E-state index contributed by atoms with van der Waals surface area (Å²) in [5.74, 6) is 1.03. The number of aliphatic hydroxyl groups is 1. The molecule has 0 spiro atoms. The Hall–Kier alpha value is -3.29. The fraction of sp³-hybridized carbons (Fsp3) is 0.190. The first-order chi connectivity index (χ1) is 13.4. The van der Waals surface area contributed by atoms with Crippen LogP contribution in [0.25, 0.3) is 28.2 Å². The number of pyridine rings is 2. The highest BCUT2D eigenvalue weighted by molar-refractivity contribution is 5.82. The van der Waals surface area contributed by atoms with Crippen LogP contribution in [0.4, 0.5) is 5.82 Å². The Balaban J connectivity index is 2.04. The molecule has 4 rings (SSSR count). The van der Waals surface area contributed by atoms with Gasteiger partial charge in [-0.05, 0) is 55.8 Å². The molecule has 7 heteroatoms. The van der Waals surface area contributed by atoms with E-state index in [1.807, 2.05) is 47.0 Å². The predicted octanol–water partition coefficient (Wildman–Crippen LogP) is 2.75. The highest BCUT2D eigenvalue weighted by atomic mass is 16.3. The molecule has 28 heavy (non-hydrogen) atoms. The number of nitrogen functional groups attached to an aromatic ring is 1. The topological polar surface area (TPSA) is 116 Å². The highest BCUT2D eigenvalue weighted by Crippen LogP contribution is 2.31. The number of hydrogen-bond acceptors (Lipinski definition) is 6. The molecule has 7 nitrogen and oxygen atoms in total. The van der Waals surface area contributed by atoms with Gasteiger partial charge >= 0.3 is 0 Å². The summed E-state index contributed by atoms with van der Waals surface area (Å²) in [5, 5.41) is 10.4. The van der Waals surface area contributed by atoms with E-state index in [4.69, 9.17) is 21.4 Å². The third-order valence-electron chi connectivity index (χ3n) is 4.64. The first-order valence-corrected chi connectivity index (χ1v) is 9.01. The number of anilines is 1. The molecule has 0 radical (unpaired) electrons. The van der Waals surface area contributed by atoms with E-state index >= 15 is 0 Å². The van der Waals surface area contributed by atoms with Crippen molar-refractivity contribution in [1.29, 1.82) is 0 Å². The van der Waals surface area contributed by atoms with E-state index in [9.17, 15) is 5.11 Å². The lowest BCUT2D eigenvalue weighted by Crippen LogP contribution is -2.17. The number of rotatable bonds is 4. The maximum Gasteiger partial charge on any atom is 0.165 e. The number of imidazole rings is 1. The lowest BCUT2D eigenvalue weighted by Gasteiger charge is -2.17. The van der Waals surface area contributed by atoms with E-state index < -0.39 is 5.60 Å². The summed E-state index contributed by atoms with van der Waals surface area (Å²) in [4.78, 5) is 13.7. The van der Waals surface area contributed by atoms with Gasteiger partial charge in [0.2, 0.25) is 0 Å². The van der Waals surface area contributed by atoms with Crippen LogP contribution in [0, 0.1) is 0 Å². The van der Waals surface area contributed by atoms with Gasteiger partial charge in [-0.3, -0.25) is 4.57 Å². The molecule has 0 fully saturated rings. The van der Waals surface area contributed by atoms with E-state index in [1.54, 1.807) is 26.1 Å². The van der Waals surface area contributed by atoms with Gasteiger partial charge in [0.05, 0.1) is 11.3 Å². The zero-order valence-corrected chi connectivity index (χ0v) is 15.8. The minimum absolute atomic E-state index is 0.389. The molecule has 0 aliphatic carbocycles. The van der Waals surface area contributed by atoms with Gasteiger partial charge in [0.1, 0.15) is 16.9 Å². The van der Waals surface area contributed by atoms with Crippen molar-refractivity contribution in [3.63, 3.8) is 0 Å². The van der Waals surface area contributed by atoms with Crippen LogP contribution in [0.2, 0.25) is 0 Å². The molecular formula is C21H22N6O. The molecule has 3 heterocycles. The first-order valence-electron chi connectivity index (χ1n) is 9.01. The Bertz CT molecular complexity index is 1140. The fourth-order valence-electron chi connectivity index (χ4n) is 3.11. The van der Waals surface area contributed by atoms with Gasteiger partial charge in [-0.15, -0.1) is 0 Å². The van der Waals surface area contributed by atoms with Crippen molar-refractivity contribution >= 4 is 17.0 Å². The summed E-state index contributed by atoms with van der Waals surface area (Å²) in [6.45, 7) is 3.88. The second kappa shape index (κ2) is 6.70. The lowest BCUT2D eigenvalue weighted by molar-refractivity contribution is 0.0741. The summed E-state index contributed by atoms with van der Waals surface area (Å²) >= 11 is 0. The fourth-order valence-corrected chi connectivity index (χ4v) is 3.11. The van der Waals surface area contributed by atoms with Crippen LogP contribution in [0.3, 0.4) is 0 Å². The molecule has 0 saturated carbocycles. The first kappa shape index (κ1) is 18.1. The Labute approximate surface area is 162 Å². The molecule has 1 aromatic carbocycles. The van der Waals surface area contributed by atoms with Crippen LogP contribution >= 0.6 is 0 Å². The van der Waals surface area contributed by atoms with Crippen molar-refractivity contribution in [1.82, 2.24) is 19.5 Å². The summed E-state index contributed by atoms with van der Waals surface area (Å²) in [6.07, 6.45) is 1.65. The maximum atomic E-state index is 10.4. The van der Waals surface area contributed by atoms with Crippen molar-refractivity contribution in [3.05, 3.63) is 66.0 Å². The number of hydrogen-bond donors (Lipinski definition) is 3. The van der Waals surface area contributed by atoms with Gasteiger partial charge in [-0.1, -0.05) is 12.1 Å². The highest BCUT2D eigenvalue weighted by Gasteiger charge is 2.22. The third kappa shape index (κ3) is 3.11. The lowest BCUT2D eigenvalue weighted by atomic mass is 10.1. The van der Waals surface area contributed by atoms with Crippen molar-refractivity contribution in [2.75, 3.05) is 5.73 Å². The zero-order valence-electron chi connectivity index (χ0n) is 15.8. The molecule has 0 bridgehead atoms.